The largest absolute Gasteiger partial charge is 0.497 e. The molecule has 0 aliphatic carbocycles. The first kappa shape index (κ1) is 17.4. The van der Waals surface area contributed by atoms with E-state index in [4.69, 9.17) is 4.74 Å². The molecule has 0 bridgehead atoms. The molecule has 1 aromatic carbocycles. The van der Waals surface area contributed by atoms with Gasteiger partial charge >= 0.3 is 0 Å². The summed E-state index contributed by atoms with van der Waals surface area (Å²) in [5.41, 5.74) is 0.917. The van der Waals surface area contributed by atoms with E-state index >= 15 is 0 Å². The fourth-order valence-electron chi connectivity index (χ4n) is 2.16. The van der Waals surface area contributed by atoms with Gasteiger partial charge in [0.25, 0.3) is 5.91 Å². The predicted molar refractivity (Wildman–Crippen MR) is 97.2 cm³/mol. The molecule has 3 rings (SSSR count). The standard InChI is InChI=1S/C16H17N5O2S2/c1-11-18-19-16(21(11)12-4-6-13(23-3)7-5-12)25-10-14(22)17-15-20(2)8-9-24-15/h4-9H,10H2,1-3H3. The van der Waals surface area contributed by atoms with E-state index in [0.717, 1.165) is 17.3 Å². The molecule has 3 aromatic rings. The topological polar surface area (TPSA) is 74.3 Å². The van der Waals surface area contributed by atoms with Gasteiger partial charge in [-0.3, -0.25) is 9.36 Å². The maximum atomic E-state index is 12.1. The average Bonchev–Trinajstić information content (AvgIpc) is 3.19. The van der Waals surface area contributed by atoms with Gasteiger partial charge in [-0.2, -0.15) is 4.99 Å². The van der Waals surface area contributed by atoms with E-state index in [-0.39, 0.29) is 11.7 Å². The quantitative estimate of drug-likeness (QED) is 0.639. The third-order valence-corrected chi connectivity index (χ3v) is 5.19. The summed E-state index contributed by atoms with van der Waals surface area (Å²) in [6.45, 7) is 1.87. The minimum absolute atomic E-state index is 0.201. The lowest BCUT2D eigenvalue weighted by molar-refractivity contribution is -0.115. The molecule has 0 aliphatic heterocycles. The molecule has 0 spiro atoms. The lowest BCUT2D eigenvalue weighted by atomic mass is 10.3. The molecule has 0 saturated heterocycles. The van der Waals surface area contributed by atoms with Crippen LogP contribution in [0.25, 0.3) is 5.69 Å². The van der Waals surface area contributed by atoms with Crippen molar-refractivity contribution in [3.05, 3.63) is 46.5 Å². The maximum absolute atomic E-state index is 12.1. The Hall–Kier alpha value is -2.39. The highest BCUT2D eigenvalue weighted by Gasteiger charge is 2.13. The van der Waals surface area contributed by atoms with Gasteiger partial charge in [-0.1, -0.05) is 11.8 Å². The van der Waals surface area contributed by atoms with Crippen LogP contribution in [0.3, 0.4) is 0 Å². The molecular weight excluding hydrogens is 358 g/mol. The van der Waals surface area contributed by atoms with Crippen molar-refractivity contribution in [1.29, 1.82) is 0 Å². The Bertz CT molecular complexity index is 940. The summed E-state index contributed by atoms with van der Waals surface area (Å²) in [4.78, 5) is 16.9. The predicted octanol–water partition coefficient (Wildman–Crippen LogP) is 2.20. The van der Waals surface area contributed by atoms with Gasteiger partial charge in [0.1, 0.15) is 11.6 Å². The van der Waals surface area contributed by atoms with Crippen LogP contribution in [-0.4, -0.2) is 38.1 Å². The summed E-state index contributed by atoms with van der Waals surface area (Å²) < 4.78 is 8.90. The van der Waals surface area contributed by atoms with Crippen molar-refractivity contribution in [2.75, 3.05) is 12.9 Å². The minimum Gasteiger partial charge on any atom is -0.497 e. The fraction of sp³-hybridized carbons (Fsp3) is 0.250. The number of carbonyl (C=O) groups excluding carboxylic acids is 1. The van der Waals surface area contributed by atoms with Crippen molar-refractivity contribution >= 4 is 29.0 Å². The number of carbonyl (C=O) groups is 1. The van der Waals surface area contributed by atoms with E-state index in [1.165, 1.54) is 23.1 Å². The monoisotopic (exact) mass is 375 g/mol. The average molecular weight is 375 g/mol. The zero-order valence-electron chi connectivity index (χ0n) is 14.0. The normalized spacial score (nSPS) is 11.7. The van der Waals surface area contributed by atoms with Crippen LogP contribution in [0.1, 0.15) is 5.82 Å². The van der Waals surface area contributed by atoms with Crippen molar-refractivity contribution in [1.82, 2.24) is 19.3 Å². The van der Waals surface area contributed by atoms with Crippen LogP contribution in [0.15, 0.2) is 46.0 Å². The van der Waals surface area contributed by atoms with Gasteiger partial charge in [-0.15, -0.1) is 21.5 Å². The highest BCUT2D eigenvalue weighted by molar-refractivity contribution is 7.99. The number of amides is 1. The lowest BCUT2D eigenvalue weighted by Gasteiger charge is -2.08. The van der Waals surface area contributed by atoms with Crippen LogP contribution < -0.4 is 9.54 Å². The third kappa shape index (κ3) is 3.99. The second kappa shape index (κ2) is 7.66. The Morgan fingerprint density at radius 1 is 1.32 bits per heavy atom. The van der Waals surface area contributed by atoms with Crippen LogP contribution in [-0.2, 0) is 11.8 Å². The van der Waals surface area contributed by atoms with Gasteiger partial charge in [0.2, 0.25) is 0 Å². The van der Waals surface area contributed by atoms with Crippen molar-refractivity contribution in [3.63, 3.8) is 0 Å². The highest BCUT2D eigenvalue weighted by atomic mass is 32.2. The SMILES string of the molecule is COc1ccc(-n2c(C)nnc2SCC(=O)N=c2sccn2C)cc1. The van der Waals surface area contributed by atoms with E-state index in [9.17, 15) is 4.79 Å². The molecular formula is C16H17N5O2S2. The molecule has 0 aliphatic rings. The molecule has 0 fully saturated rings. The van der Waals surface area contributed by atoms with Crippen molar-refractivity contribution in [2.24, 2.45) is 12.0 Å². The Morgan fingerprint density at radius 3 is 2.72 bits per heavy atom. The van der Waals surface area contributed by atoms with Crippen LogP contribution in [0.4, 0.5) is 0 Å². The smallest absolute Gasteiger partial charge is 0.258 e. The number of methoxy groups -OCH3 is 1. The minimum atomic E-state index is -0.204. The van der Waals surface area contributed by atoms with E-state index in [0.29, 0.717) is 9.96 Å². The summed E-state index contributed by atoms with van der Waals surface area (Å²) in [7, 11) is 3.49. The van der Waals surface area contributed by atoms with Crippen molar-refractivity contribution in [3.8, 4) is 11.4 Å². The number of aryl methyl sites for hydroxylation is 2. The Morgan fingerprint density at radius 2 is 2.08 bits per heavy atom. The van der Waals surface area contributed by atoms with E-state index < -0.39 is 0 Å². The van der Waals surface area contributed by atoms with Crippen LogP contribution in [0.5, 0.6) is 5.75 Å². The number of aromatic nitrogens is 4. The molecule has 7 nitrogen and oxygen atoms in total. The van der Waals surface area contributed by atoms with Gasteiger partial charge in [-0.25, -0.2) is 0 Å². The third-order valence-electron chi connectivity index (χ3n) is 3.43. The summed E-state index contributed by atoms with van der Waals surface area (Å²) in [5, 5.41) is 10.8. The molecule has 0 saturated carbocycles. The lowest BCUT2D eigenvalue weighted by Crippen LogP contribution is -2.13. The summed E-state index contributed by atoms with van der Waals surface area (Å²) >= 11 is 2.75. The number of nitrogens with zero attached hydrogens (tertiary/aromatic N) is 5. The number of benzene rings is 1. The van der Waals surface area contributed by atoms with E-state index in [2.05, 4.69) is 15.2 Å². The first-order valence-electron chi connectivity index (χ1n) is 7.45. The number of ether oxygens (including phenoxy) is 1. The highest BCUT2D eigenvalue weighted by Crippen LogP contribution is 2.23. The van der Waals surface area contributed by atoms with Crippen LogP contribution in [0, 0.1) is 6.92 Å². The molecule has 130 valence electrons. The summed E-state index contributed by atoms with van der Waals surface area (Å²) in [6.07, 6.45) is 1.87. The molecule has 9 heteroatoms. The Labute approximate surface area is 153 Å². The van der Waals surface area contributed by atoms with Crippen molar-refractivity contribution in [2.45, 2.75) is 12.1 Å². The number of thioether (sulfide) groups is 1. The van der Waals surface area contributed by atoms with Crippen molar-refractivity contribution < 1.29 is 9.53 Å². The Kier molecular flexibility index (Phi) is 5.34. The number of hydrogen-bond acceptors (Lipinski definition) is 6. The molecule has 0 unspecified atom stereocenters. The van der Waals surface area contributed by atoms with Gasteiger partial charge in [0, 0.05) is 24.3 Å². The number of rotatable bonds is 5. The van der Waals surface area contributed by atoms with Gasteiger partial charge in [0.15, 0.2) is 9.96 Å². The van der Waals surface area contributed by atoms with Gasteiger partial charge in [0.05, 0.1) is 12.9 Å². The molecule has 2 heterocycles. The number of thiazole rings is 1. The summed E-state index contributed by atoms with van der Waals surface area (Å²) in [5.74, 6) is 1.53. The zero-order valence-corrected chi connectivity index (χ0v) is 15.7. The molecule has 2 aromatic heterocycles. The zero-order chi connectivity index (χ0) is 17.8. The van der Waals surface area contributed by atoms with E-state index in [1.807, 2.05) is 58.9 Å². The second-order valence-electron chi connectivity index (χ2n) is 5.15. The molecule has 0 N–H and O–H groups in total. The summed E-state index contributed by atoms with van der Waals surface area (Å²) in [6, 6.07) is 7.61. The van der Waals surface area contributed by atoms with Gasteiger partial charge < -0.3 is 9.30 Å². The van der Waals surface area contributed by atoms with Gasteiger partial charge in [-0.05, 0) is 31.2 Å². The van der Waals surface area contributed by atoms with Crippen LogP contribution in [0.2, 0.25) is 0 Å². The molecule has 0 radical (unpaired) electrons. The second-order valence-corrected chi connectivity index (χ2v) is 6.97. The van der Waals surface area contributed by atoms with E-state index in [1.54, 1.807) is 7.11 Å². The Balaban J connectivity index is 1.77. The molecule has 0 atom stereocenters. The maximum Gasteiger partial charge on any atom is 0.258 e. The fourth-order valence-corrected chi connectivity index (χ4v) is 3.69. The number of hydrogen-bond donors (Lipinski definition) is 0. The van der Waals surface area contributed by atoms with Crippen LogP contribution >= 0.6 is 23.1 Å². The molecule has 1 amide bonds. The first-order chi connectivity index (χ1) is 12.1. The molecule has 25 heavy (non-hydrogen) atoms. The first-order valence-corrected chi connectivity index (χ1v) is 9.32.